The third kappa shape index (κ3) is 8.12. The van der Waals surface area contributed by atoms with Crippen molar-refractivity contribution in [3.8, 4) is 0 Å². The van der Waals surface area contributed by atoms with Crippen LogP contribution in [0.5, 0.6) is 0 Å². The number of hydrogen-bond donors (Lipinski definition) is 2. The van der Waals surface area contributed by atoms with Crippen molar-refractivity contribution in [2.75, 3.05) is 7.05 Å². The van der Waals surface area contributed by atoms with Gasteiger partial charge in [-0.25, -0.2) is 0 Å². The van der Waals surface area contributed by atoms with Crippen LogP contribution in [0.1, 0.15) is 52.7 Å². The lowest BCUT2D eigenvalue weighted by Gasteiger charge is -2.28. The van der Waals surface area contributed by atoms with Crippen LogP contribution >= 0.6 is 0 Å². The van der Waals surface area contributed by atoms with E-state index < -0.39 is 58.8 Å². The molecule has 1 unspecified atom stereocenters. The third-order valence-corrected chi connectivity index (χ3v) is 6.85. The largest absolute Gasteiger partial charge is 0.481 e. The molecule has 1 fully saturated rings. The van der Waals surface area contributed by atoms with E-state index in [1.54, 1.807) is 19.3 Å². The summed E-state index contributed by atoms with van der Waals surface area (Å²) in [5, 5.41) is 18.5. The van der Waals surface area contributed by atoms with Crippen molar-refractivity contribution >= 4 is 34.6 Å². The van der Waals surface area contributed by atoms with E-state index in [0.717, 1.165) is 21.4 Å². The number of carboxylic acid groups (broad SMARTS) is 1. The highest BCUT2D eigenvalue weighted by molar-refractivity contribution is 6.00. The van der Waals surface area contributed by atoms with Crippen molar-refractivity contribution < 1.29 is 55.8 Å². The minimum absolute atomic E-state index is 0.0468. The number of aryl methyl sites for hydroxylation is 1. The van der Waals surface area contributed by atoms with E-state index in [4.69, 9.17) is 10.3 Å². The predicted molar refractivity (Wildman–Crippen MR) is 139 cm³/mol. The van der Waals surface area contributed by atoms with E-state index in [9.17, 15) is 45.5 Å². The zero-order valence-corrected chi connectivity index (χ0v) is 22.9. The van der Waals surface area contributed by atoms with Gasteiger partial charge in [0.1, 0.15) is 0 Å². The zero-order valence-electron chi connectivity index (χ0n) is 22.9. The SMILES string of the molecule is CN(C(=O)c1cc(C(F)(F)F)cc(C(F)(F)F)c1)C(CCC(=O)O)Cc1cn(C)c2ccccc12.O=C1CCC(=O)N1O. The number of nitrogens with zero attached hydrogens (tertiary/aromatic N) is 3. The summed E-state index contributed by atoms with van der Waals surface area (Å²) in [6.45, 7) is 0. The quantitative estimate of drug-likeness (QED) is 0.212. The number of likely N-dealkylation sites (N-methyl/N-ethyl adjacent to an activating group) is 1. The van der Waals surface area contributed by atoms with Crippen LogP contribution in [0.4, 0.5) is 26.3 Å². The van der Waals surface area contributed by atoms with E-state index in [2.05, 4.69) is 0 Å². The fourth-order valence-electron chi connectivity index (χ4n) is 4.58. The van der Waals surface area contributed by atoms with Crippen LogP contribution in [-0.4, -0.2) is 61.6 Å². The Hall–Kier alpha value is -4.40. The van der Waals surface area contributed by atoms with Crippen molar-refractivity contribution in [3.05, 3.63) is 70.9 Å². The van der Waals surface area contributed by atoms with Crippen molar-refractivity contribution in [2.45, 2.75) is 50.5 Å². The lowest BCUT2D eigenvalue weighted by molar-refractivity contribution is -0.171. The summed E-state index contributed by atoms with van der Waals surface area (Å²) in [6.07, 6.45) is -8.34. The van der Waals surface area contributed by atoms with Crippen LogP contribution in [0.2, 0.25) is 0 Å². The molecule has 2 N–H and O–H groups in total. The van der Waals surface area contributed by atoms with Crippen LogP contribution in [0, 0.1) is 0 Å². The summed E-state index contributed by atoms with van der Waals surface area (Å²) in [5.74, 6) is -3.23. The highest BCUT2D eigenvalue weighted by Crippen LogP contribution is 2.37. The molecule has 232 valence electrons. The predicted octanol–water partition coefficient (Wildman–Crippen LogP) is 5.29. The Morgan fingerprint density at radius 3 is 1.95 bits per heavy atom. The standard InChI is InChI=1S/C24H22F6N2O3.C4H5NO3/c1-31-13-15(19-5-3-4-6-20(19)31)11-18(7-8-21(33)34)32(2)22(35)14-9-16(23(25,26)27)12-17(10-14)24(28,29)30;6-3-1-2-4(7)5(3)8/h3-6,9-10,12-13,18H,7-8,11H2,1-2H3,(H,33,34);8H,1-2H2. The highest BCUT2D eigenvalue weighted by Gasteiger charge is 2.38. The monoisotopic (exact) mass is 615 g/mol. The first kappa shape index (κ1) is 33.1. The number of benzene rings is 2. The Kier molecular flexibility index (Phi) is 9.90. The molecule has 0 bridgehead atoms. The average molecular weight is 616 g/mol. The molecule has 4 rings (SSSR count). The molecule has 0 radical (unpaired) electrons. The number of amides is 3. The van der Waals surface area contributed by atoms with Gasteiger partial charge in [0.2, 0.25) is 0 Å². The molecule has 9 nitrogen and oxygen atoms in total. The molecule has 1 atom stereocenters. The number of halogens is 6. The minimum Gasteiger partial charge on any atom is -0.481 e. The number of rotatable bonds is 7. The van der Waals surface area contributed by atoms with Gasteiger partial charge in [0.25, 0.3) is 17.7 Å². The summed E-state index contributed by atoms with van der Waals surface area (Å²) in [7, 11) is 3.04. The number of carbonyl (C=O) groups excluding carboxylic acids is 3. The number of hydrogen-bond acceptors (Lipinski definition) is 5. The molecule has 2 heterocycles. The Morgan fingerprint density at radius 1 is 0.953 bits per heavy atom. The van der Waals surface area contributed by atoms with Crippen molar-refractivity contribution in [3.63, 3.8) is 0 Å². The molecular weight excluding hydrogens is 588 g/mol. The molecular formula is C28H27F6N3O6. The van der Waals surface area contributed by atoms with Gasteiger partial charge >= 0.3 is 18.3 Å². The molecule has 3 aromatic rings. The second kappa shape index (κ2) is 12.9. The number of para-hydroxylation sites is 1. The number of hydroxylamine groups is 2. The molecule has 3 amide bonds. The van der Waals surface area contributed by atoms with Gasteiger partial charge in [-0.15, -0.1) is 0 Å². The van der Waals surface area contributed by atoms with E-state index >= 15 is 0 Å². The topological polar surface area (TPSA) is 120 Å². The van der Waals surface area contributed by atoms with Crippen LogP contribution in [0.15, 0.2) is 48.7 Å². The lowest BCUT2D eigenvalue weighted by Crippen LogP contribution is -2.39. The van der Waals surface area contributed by atoms with Crippen LogP contribution in [-0.2, 0) is 40.2 Å². The first-order valence-corrected chi connectivity index (χ1v) is 12.8. The molecule has 0 spiro atoms. The van der Waals surface area contributed by atoms with Crippen LogP contribution in [0.25, 0.3) is 10.9 Å². The van der Waals surface area contributed by atoms with E-state index in [-0.39, 0.29) is 43.2 Å². The van der Waals surface area contributed by atoms with E-state index in [1.807, 2.05) is 22.8 Å². The number of aromatic nitrogens is 1. The molecule has 0 saturated carbocycles. The highest BCUT2D eigenvalue weighted by atomic mass is 19.4. The number of carboxylic acids is 1. The average Bonchev–Trinajstić information content (AvgIpc) is 3.41. The second-order valence-electron chi connectivity index (χ2n) is 9.88. The van der Waals surface area contributed by atoms with Gasteiger partial charge in [-0.1, -0.05) is 18.2 Å². The van der Waals surface area contributed by atoms with Gasteiger partial charge in [-0.3, -0.25) is 24.4 Å². The Bertz CT molecular complexity index is 1480. The molecule has 1 aliphatic rings. The van der Waals surface area contributed by atoms with Crippen LogP contribution in [0.3, 0.4) is 0 Å². The molecule has 1 aliphatic heterocycles. The molecule has 2 aromatic carbocycles. The first-order chi connectivity index (χ1) is 19.9. The summed E-state index contributed by atoms with van der Waals surface area (Å²) in [6, 6.07) is 7.23. The maximum absolute atomic E-state index is 13.2. The second-order valence-corrected chi connectivity index (χ2v) is 9.88. The number of carbonyl (C=O) groups is 4. The van der Waals surface area contributed by atoms with Gasteiger partial charge in [0.15, 0.2) is 0 Å². The molecule has 43 heavy (non-hydrogen) atoms. The van der Waals surface area contributed by atoms with Gasteiger partial charge in [0, 0.05) is 62.1 Å². The van der Waals surface area contributed by atoms with Gasteiger partial charge < -0.3 is 14.6 Å². The molecule has 1 saturated heterocycles. The molecule has 1 aromatic heterocycles. The maximum atomic E-state index is 13.2. The lowest BCUT2D eigenvalue weighted by atomic mass is 9.98. The summed E-state index contributed by atoms with van der Waals surface area (Å²) in [5.41, 5.74) is -2.34. The Labute approximate surface area is 240 Å². The summed E-state index contributed by atoms with van der Waals surface area (Å²) < 4.78 is 81.3. The normalized spacial score (nSPS) is 14.5. The number of alkyl halides is 6. The van der Waals surface area contributed by atoms with Crippen LogP contribution < -0.4 is 0 Å². The smallest absolute Gasteiger partial charge is 0.416 e. The van der Waals surface area contributed by atoms with Gasteiger partial charge in [-0.05, 0) is 42.7 Å². The molecule has 15 heteroatoms. The van der Waals surface area contributed by atoms with Crippen molar-refractivity contribution in [1.29, 1.82) is 0 Å². The summed E-state index contributed by atoms with van der Waals surface area (Å²) >= 11 is 0. The van der Waals surface area contributed by atoms with Crippen molar-refractivity contribution in [1.82, 2.24) is 14.5 Å². The number of imide groups is 1. The fraction of sp³-hybridized carbons (Fsp3) is 0.357. The van der Waals surface area contributed by atoms with Gasteiger partial charge in [0.05, 0.1) is 11.1 Å². The zero-order chi connectivity index (χ0) is 32.3. The summed E-state index contributed by atoms with van der Waals surface area (Å²) in [4.78, 5) is 45.8. The maximum Gasteiger partial charge on any atom is 0.416 e. The van der Waals surface area contributed by atoms with E-state index in [0.29, 0.717) is 12.1 Å². The number of fused-ring (bicyclic) bond motifs is 1. The molecule has 0 aliphatic carbocycles. The Morgan fingerprint density at radius 2 is 1.49 bits per heavy atom. The fourth-order valence-corrected chi connectivity index (χ4v) is 4.58. The van der Waals surface area contributed by atoms with Crippen molar-refractivity contribution in [2.24, 2.45) is 7.05 Å². The minimum atomic E-state index is -5.10. The first-order valence-electron chi connectivity index (χ1n) is 12.8. The Balaban J connectivity index is 0.000000546. The number of aliphatic carboxylic acids is 1. The third-order valence-electron chi connectivity index (χ3n) is 6.85. The van der Waals surface area contributed by atoms with E-state index in [1.165, 1.54) is 7.05 Å². The van der Waals surface area contributed by atoms with Gasteiger partial charge in [-0.2, -0.15) is 31.4 Å².